The molecule has 104 valence electrons. The summed E-state index contributed by atoms with van der Waals surface area (Å²) in [6.07, 6.45) is 4.27. The third-order valence-electron chi connectivity index (χ3n) is 3.26. The predicted molar refractivity (Wildman–Crippen MR) is 81.2 cm³/mol. The van der Waals surface area contributed by atoms with Gasteiger partial charge in [-0.15, -0.1) is 24.8 Å². The zero-order chi connectivity index (χ0) is 11.5. The first kappa shape index (κ1) is 16.0. The van der Waals surface area contributed by atoms with E-state index in [4.69, 9.17) is 0 Å². The smallest absolute Gasteiger partial charge is 0.111 e. The van der Waals surface area contributed by atoms with Crippen molar-refractivity contribution in [3.8, 4) is 11.4 Å². The van der Waals surface area contributed by atoms with Gasteiger partial charge >= 0.3 is 0 Å². The van der Waals surface area contributed by atoms with Crippen LogP contribution in [0.2, 0.25) is 0 Å². The molecule has 4 nitrogen and oxygen atoms in total. The van der Waals surface area contributed by atoms with Crippen LogP contribution < -0.4 is 5.32 Å². The average molecular weight is 301 g/mol. The molecule has 1 fully saturated rings. The summed E-state index contributed by atoms with van der Waals surface area (Å²) in [4.78, 5) is 4.31. The molecule has 0 radical (unpaired) electrons. The monoisotopic (exact) mass is 300 g/mol. The van der Waals surface area contributed by atoms with E-state index in [1.165, 1.54) is 18.5 Å². The molecule has 2 N–H and O–H groups in total. The Morgan fingerprint density at radius 2 is 2.05 bits per heavy atom. The molecule has 0 unspecified atom stereocenters. The van der Waals surface area contributed by atoms with Crippen molar-refractivity contribution >= 4 is 24.8 Å². The van der Waals surface area contributed by atoms with Gasteiger partial charge in [-0.1, -0.05) is 6.07 Å². The highest BCUT2D eigenvalue weighted by molar-refractivity contribution is 5.85. The Morgan fingerprint density at radius 1 is 1.16 bits per heavy atom. The molecule has 1 aliphatic heterocycles. The second-order valence-corrected chi connectivity index (χ2v) is 4.47. The van der Waals surface area contributed by atoms with E-state index in [1.54, 1.807) is 6.20 Å². The van der Waals surface area contributed by atoms with E-state index in [9.17, 15) is 0 Å². The Balaban J connectivity index is 0.000000902. The van der Waals surface area contributed by atoms with Gasteiger partial charge in [0.1, 0.15) is 5.69 Å². The quantitative estimate of drug-likeness (QED) is 0.897. The fraction of sp³-hybridized carbons (Fsp3) is 0.385. The van der Waals surface area contributed by atoms with Gasteiger partial charge in [0.25, 0.3) is 0 Å². The lowest BCUT2D eigenvalue weighted by atomic mass is 9.96. The standard InChI is InChI=1S/C13H16N4.2ClH/c1-2-7-15-11(5-1)13-8-12(16-17-13)10-4-3-6-14-9-10;;/h1-2,5,7-8,10,14H,3-4,6,9H2,(H,16,17);2*1H/t10-;;/m0../s1. The first-order valence-electron chi connectivity index (χ1n) is 6.11. The van der Waals surface area contributed by atoms with Crippen molar-refractivity contribution in [3.63, 3.8) is 0 Å². The van der Waals surface area contributed by atoms with E-state index in [2.05, 4.69) is 26.6 Å². The maximum Gasteiger partial charge on any atom is 0.111 e. The molecule has 0 aliphatic carbocycles. The van der Waals surface area contributed by atoms with Crippen LogP contribution in [0.5, 0.6) is 0 Å². The summed E-state index contributed by atoms with van der Waals surface area (Å²) < 4.78 is 0. The number of nitrogens with one attached hydrogen (secondary N) is 2. The van der Waals surface area contributed by atoms with Crippen molar-refractivity contribution in [1.82, 2.24) is 20.5 Å². The number of hydrogen-bond donors (Lipinski definition) is 2. The van der Waals surface area contributed by atoms with Crippen LogP contribution >= 0.6 is 24.8 Å². The maximum absolute atomic E-state index is 4.35. The van der Waals surface area contributed by atoms with E-state index in [0.29, 0.717) is 5.92 Å². The minimum atomic E-state index is 0. The van der Waals surface area contributed by atoms with Crippen LogP contribution in [0.4, 0.5) is 0 Å². The third-order valence-corrected chi connectivity index (χ3v) is 3.26. The Hall–Kier alpha value is -1.10. The Labute approximate surface area is 125 Å². The number of H-pyrrole nitrogens is 1. The molecular formula is C13H18Cl2N4. The summed E-state index contributed by atoms with van der Waals surface area (Å²) in [6, 6.07) is 8.01. The Morgan fingerprint density at radius 3 is 2.74 bits per heavy atom. The fourth-order valence-corrected chi connectivity index (χ4v) is 2.31. The molecule has 1 saturated heterocycles. The van der Waals surface area contributed by atoms with E-state index in [1.807, 2.05) is 18.2 Å². The first-order valence-corrected chi connectivity index (χ1v) is 6.11. The van der Waals surface area contributed by atoms with Crippen molar-refractivity contribution in [2.24, 2.45) is 0 Å². The van der Waals surface area contributed by atoms with Gasteiger partial charge in [0.15, 0.2) is 0 Å². The normalized spacial score (nSPS) is 18.2. The predicted octanol–water partition coefficient (Wildman–Crippen LogP) is 2.78. The van der Waals surface area contributed by atoms with Gasteiger partial charge in [-0.3, -0.25) is 10.1 Å². The molecule has 1 atom stereocenters. The number of hydrogen-bond acceptors (Lipinski definition) is 3. The first-order chi connectivity index (χ1) is 8.43. The summed E-state index contributed by atoms with van der Waals surface area (Å²) in [6.45, 7) is 2.18. The number of rotatable bonds is 2. The van der Waals surface area contributed by atoms with Crippen LogP contribution in [-0.2, 0) is 0 Å². The van der Waals surface area contributed by atoms with Gasteiger partial charge in [0, 0.05) is 24.4 Å². The van der Waals surface area contributed by atoms with Crippen molar-refractivity contribution in [2.45, 2.75) is 18.8 Å². The second kappa shape index (κ2) is 7.48. The molecule has 0 aromatic carbocycles. The molecule has 3 rings (SSSR count). The highest BCUT2D eigenvalue weighted by Crippen LogP contribution is 2.24. The van der Waals surface area contributed by atoms with Gasteiger partial charge in [0.2, 0.25) is 0 Å². The highest BCUT2D eigenvalue weighted by Gasteiger charge is 2.17. The molecular weight excluding hydrogens is 283 g/mol. The van der Waals surface area contributed by atoms with Gasteiger partial charge in [0.05, 0.1) is 5.69 Å². The number of pyridine rings is 1. The second-order valence-electron chi connectivity index (χ2n) is 4.47. The summed E-state index contributed by atoms with van der Waals surface area (Å²) in [5.41, 5.74) is 3.09. The van der Waals surface area contributed by atoms with Crippen LogP contribution in [0, 0.1) is 0 Å². The van der Waals surface area contributed by atoms with Crippen LogP contribution in [0.25, 0.3) is 11.4 Å². The maximum atomic E-state index is 4.35. The zero-order valence-corrected chi connectivity index (χ0v) is 12.1. The fourth-order valence-electron chi connectivity index (χ4n) is 2.31. The summed E-state index contributed by atoms with van der Waals surface area (Å²) in [7, 11) is 0. The molecule has 3 heterocycles. The van der Waals surface area contributed by atoms with Gasteiger partial charge in [-0.05, 0) is 37.6 Å². The Kier molecular flexibility index (Phi) is 6.28. The van der Waals surface area contributed by atoms with Crippen molar-refractivity contribution in [3.05, 3.63) is 36.2 Å². The molecule has 0 spiro atoms. The number of piperidine rings is 1. The summed E-state index contributed by atoms with van der Waals surface area (Å²) in [5, 5.41) is 10.9. The van der Waals surface area contributed by atoms with Crippen molar-refractivity contribution < 1.29 is 0 Å². The number of aromatic amines is 1. The van der Waals surface area contributed by atoms with Crippen LogP contribution in [0.15, 0.2) is 30.5 Å². The van der Waals surface area contributed by atoms with E-state index in [-0.39, 0.29) is 24.8 Å². The Bertz CT molecular complexity index is 480. The van der Waals surface area contributed by atoms with Gasteiger partial charge in [-0.2, -0.15) is 5.10 Å². The lowest BCUT2D eigenvalue weighted by Crippen LogP contribution is -2.28. The van der Waals surface area contributed by atoms with E-state index < -0.39 is 0 Å². The SMILES string of the molecule is Cl.Cl.c1ccc(-c2cc([C@H]3CCCNC3)[nH]n2)nc1. The molecule has 1 aliphatic rings. The summed E-state index contributed by atoms with van der Waals surface area (Å²) in [5.74, 6) is 0.564. The average Bonchev–Trinajstić information content (AvgIpc) is 2.90. The van der Waals surface area contributed by atoms with Crippen molar-refractivity contribution in [1.29, 1.82) is 0 Å². The number of nitrogens with zero attached hydrogens (tertiary/aromatic N) is 2. The molecule has 2 aromatic heterocycles. The lowest BCUT2D eigenvalue weighted by Gasteiger charge is -2.21. The van der Waals surface area contributed by atoms with E-state index in [0.717, 1.165) is 24.5 Å². The third kappa shape index (κ3) is 3.69. The molecule has 19 heavy (non-hydrogen) atoms. The van der Waals surface area contributed by atoms with Crippen molar-refractivity contribution in [2.75, 3.05) is 13.1 Å². The minimum Gasteiger partial charge on any atom is -0.316 e. The number of aromatic nitrogens is 3. The zero-order valence-electron chi connectivity index (χ0n) is 10.5. The molecule has 0 bridgehead atoms. The van der Waals surface area contributed by atoms with Gasteiger partial charge < -0.3 is 5.32 Å². The highest BCUT2D eigenvalue weighted by atomic mass is 35.5. The number of halogens is 2. The van der Waals surface area contributed by atoms with Gasteiger partial charge in [-0.25, -0.2) is 0 Å². The molecule has 0 saturated carbocycles. The van der Waals surface area contributed by atoms with Crippen LogP contribution in [0.3, 0.4) is 0 Å². The molecule has 0 amide bonds. The van der Waals surface area contributed by atoms with E-state index >= 15 is 0 Å². The summed E-state index contributed by atoms with van der Waals surface area (Å²) >= 11 is 0. The topological polar surface area (TPSA) is 53.6 Å². The lowest BCUT2D eigenvalue weighted by molar-refractivity contribution is 0.454. The minimum absolute atomic E-state index is 0. The van der Waals surface area contributed by atoms with Crippen LogP contribution in [-0.4, -0.2) is 28.3 Å². The largest absolute Gasteiger partial charge is 0.316 e. The van der Waals surface area contributed by atoms with Crippen LogP contribution in [0.1, 0.15) is 24.5 Å². The molecule has 6 heteroatoms. The molecule has 2 aromatic rings.